The van der Waals surface area contributed by atoms with Crippen molar-refractivity contribution >= 4 is 28.6 Å². The molecule has 3 aromatic rings. The smallest absolute Gasteiger partial charge is 0.255 e. The number of carbonyl (C=O) groups is 3. The van der Waals surface area contributed by atoms with Crippen LogP contribution in [0.15, 0.2) is 36.5 Å². The van der Waals surface area contributed by atoms with Crippen LogP contribution < -0.4 is 10.1 Å². The van der Waals surface area contributed by atoms with Crippen LogP contribution >= 0.6 is 0 Å². The van der Waals surface area contributed by atoms with Crippen LogP contribution in [-0.4, -0.2) is 76.8 Å². The zero-order chi connectivity index (χ0) is 27.4. The number of hydrogen-bond acceptors (Lipinski definition) is 7. The summed E-state index contributed by atoms with van der Waals surface area (Å²) in [4.78, 5) is 41.4. The molecule has 10 heteroatoms. The molecule has 3 amide bonds. The summed E-state index contributed by atoms with van der Waals surface area (Å²) in [6.45, 7) is 5.16. The number of aromatic nitrogens is 2. The number of nitrogens with one attached hydrogen (secondary N) is 1. The first-order valence-corrected chi connectivity index (χ1v) is 14.1. The lowest BCUT2D eigenvalue weighted by molar-refractivity contribution is -0.136. The predicted octanol–water partition coefficient (Wildman–Crippen LogP) is 2.37. The highest BCUT2D eigenvalue weighted by Crippen LogP contribution is 2.49. The summed E-state index contributed by atoms with van der Waals surface area (Å²) in [6, 6.07) is 9.94. The molecule has 4 aliphatic rings. The number of amides is 3. The zero-order valence-electron chi connectivity index (χ0n) is 22.6. The van der Waals surface area contributed by atoms with Gasteiger partial charge in [-0.25, -0.2) is 0 Å². The van der Waals surface area contributed by atoms with Gasteiger partial charge in [-0.2, -0.15) is 5.10 Å². The van der Waals surface area contributed by atoms with Gasteiger partial charge in [-0.3, -0.25) is 29.3 Å². The van der Waals surface area contributed by atoms with Crippen molar-refractivity contribution in [3.05, 3.63) is 58.8 Å². The van der Waals surface area contributed by atoms with E-state index in [1.54, 1.807) is 12.0 Å². The predicted molar refractivity (Wildman–Crippen MR) is 146 cm³/mol. The van der Waals surface area contributed by atoms with E-state index in [-0.39, 0.29) is 23.7 Å². The van der Waals surface area contributed by atoms with Crippen molar-refractivity contribution in [2.24, 2.45) is 0 Å². The molecule has 0 saturated carbocycles. The minimum absolute atomic E-state index is 0.0571. The second-order valence-electron chi connectivity index (χ2n) is 11.5. The van der Waals surface area contributed by atoms with E-state index < -0.39 is 11.9 Å². The molecule has 0 radical (unpaired) electrons. The molecule has 5 heterocycles. The fraction of sp³-hybridized carbons (Fsp3) is 0.467. The fourth-order valence-corrected chi connectivity index (χ4v) is 6.89. The zero-order valence-corrected chi connectivity index (χ0v) is 22.6. The number of piperidine rings is 2. The number of hydrogen-bond donors (Lipinski definition) is 1. The highest BCUT2D eigenvalue weighted by atomic mass is 16.5. The molecule has 0 aliphatic carbocycles. The Morgan fingerprint density at radius 3 is 2.80 bits per heavy atom. The Morgan fingerprint density at radius 2 is 2.00 bits per heavy atom. The molecular formula is C30H33N5O5. The molecule has 208 valence electrons. The number of fused-ring (bicyclic) bond motifs is 5. The van der Waals surface area contributed by atoms with Gasteiger partial charge in [0, 0.05) is 47.6 Å². The maximum Gasteiger partial charge on any atom is 0.255 e. The minimum Gasteiger partial charge on any atom is -0.492 e. The van der Waals surface area contributed by atoms with E-state index in [9.17, 15) is 14.4 Å². The molecule has 2 aromatic carbocycles. The molecule has 1 aromatic heterocycles. The third-order valence-corrected chi connectivity index (χ3v) is 9.16. The van der Waals surface area contributed by atoms with Gasteiger partial charge >= 0.3 is 0 Å². The first kappa shape index (κ1) is 25.2. The Balaban J connectivity index is 1.04. The molecule has 7 rings (SSSR count). The van der Waals surface area contributed by atoms with Crippen LogP contribution in [0.25, 0.3) is 10.9 Å². The average Bonchev–Trinajstić information content (AvgIpc) is 3.63. The van der Waals surface area contributed by atoms with Crippen LogP contribution in [-0.2, 0) is 39.4 Å². The van der Waals surface area contributed by atoms with Crippen LogP contribution in [0.1, 0.15) is 52.7 Å². The Morgan fingerprint density at radius 1 is 1.15 bits per heavy atom. The van der Waals surface area contributed by atoms with Crippen molar-refractivity contribution in [1.82, 2.24) is 24.9 Å². The summed E-state index contributed by atoms with van der Waals surface area (Å²) in [5.74, 6) is -0.00618. The summed E-state index contributed by atoms with van der Waals surface area (Å²) in [5, 5.41) is 8.03. The number of rotatable bonds is 6. The first-order chi connectivity index (χ1) is 19.5. The summed E-state index contributed by atoms with van der Waals surface area (Å²) in [5.41, 5.74) is 5.03. The van der Waals surface area contributed by atoms with E-state index in [2.05, 4.69) is 39.6 Å². The van der Waals surface area contributed by atoms with Crippen LogP contribution in [0.3, 0.4) is 0 Å². The highest BCUT2D eigenvalue weighted by Gasteiger charge is 2.47. The fourth-order valence-electron chi connectivity index (χ4n) is 6.89. The molecule has 1 unspecified atom stereocenters. The van der Waals surface area contributed by atoms with Gasteiger partial charge in [0.05, 0.1) is 38.0 Å². The number of ether oxygens (including phenoxy) is 2. The first-order valence-electron chi connectivity index (χ1n) is 14.1. The monoisotopic (exact) mass is 543 g/mol. The van der Waals surface area contributed by atoms with E-state index in [4.69, 9.17) is 9.47 Å². The van der Waals surface area contributed by atoms with Gasteiger partial charge < -0.3 is 14.4 Å². The average molecular weight is 544 g/mol. The lowest BCUT2D eigenvalue weighted by Crippen LogP contribution is -2.52. The third-order valence-electron chi connectivity index (χ3n) is 9.16. The van der Waals surface area contributed by atoms with Crippen molar-refractivity contribution in [2.75, 3.05) is 33.4 Å². The van der Waals surface area contributed by atoms with Gasteiger partial charge in [0.2, 0.25) is 11.8 Å². The summed E-state index contributed by atoms with van der Waals surface area (Å²) < 4.78 is 13.5. The number of nitrogens with zero attached hydrogens (tertiary/aromatic N) is 4. The van der Waals surface area contributed by atoms with Gasteiger partial charge in [0.15, 0.2) is 0 Å². The van der Waals surface area contributed by atoms with Crippen molar-refractivity contribution in [3.8, 4) is 5.75 Å². The standard InChI is InChI=1S/C30H33N5O5/c1-39-13-12-35-24-5-2-19(14-20(24)15-31-35)16-33-10-8-30(9-11-33)18-40-27-22-17-34(25-6-7-26(36)32-28(25)37)29(38)21(22)3-4-23(27)30/h2-5,14-15,25H,6-13,16-18H2,1H3,(H,32,36,37). The Hall–Kier alpha value is -3.76. The van der Waals surface area contributed by atoms with Crippen LogP contribution in [0.4, 0.5) is 0 Å². The van der Waals surface area contributed by atoms with Gasteiger partial charge in [0.1, 0.15) is 11.8 Å². The molecule has 0 bridgehead atoms. The maximum absolute atomic E-state index is 13.2. The van der Waals surface area contributed by atoms with E-state index in [0.717, 1.165) is 61.2 Å². The molecular weight excluding hydrogens is 510 g/mol. The summed E-state index contributed by atoms with van der Waals surface area (Å²) >= 11 is 0. The lowest BCUT2D eigenvalue weighted by atomic mass is 9.74. The van der Waals surface area contributed by atoms with Gasteiger partial charge in [-0.15, -0.1) is 0 Å². The SMILES string of the molecule is COCCn1ncc2cc(CN3CCC4(CC3)COc3c4ccc4c3CN(C3CCC(=O)NC3=O)C4=O)ccc21. The van der Waals surface area contributed by atoms with Crippen molar-refractivity contribution in [1.29, 1.82) is 0 Å². The normalized spacial score (nSPS) is 22.1. The largest absolute Gasteiger partial charge is 0.492 e. The Bertz CT molecular complexity index is 1520. The minimum atomic E-state index is -0.620. The molecule has 2 saturated heterocycles. The molecule has 1 atom stereocenters. The second kappa shape index (κ2) is 9.71. The lowest BCUT2D eigenvalue weighted by Gasteiger charge is -2.38. The van der Waals surface area contributed by atoms with Crippen molar-refractivity contribution in [3.63, 3.8) is 0 Å². The third kappa shape index (κ3) is 4.08. The number of carbonyl (C=O) groups excluding carboxylic acids is 3. The topological polar surface area (TPSA) is 106 Å². The molecule has 2 fully saturated rings. The molecule has 1 N–H and O–H groups in total. The quantitative estimate of drug-likeness (QED) is 0.476. The van der Waals surface area contributed by atoms with E-state index in [1.807, 2.05) is 16.9 Å². The molecule has 1 spiro atoms. The second-order valence-corrected chi connectivity index (χ2v) is 11.5. The van der Waals surface area contributed by atoms with E-state index in [1.165, 1.54) is 11.1 Å². The number of imide groups is 1. The van der Waals surface area contributed by atoms with Gasteiger partial charge in [-0.05, 0) is 56.1 Å². The summed E-state index contributed by atoms with van der Waals surface area (Å²) in [6.07, 6.45) is 4.51. The molecule has 10 nitrogen and oxygen atoms in total. The van der Waals surface area contributed by atoms with Crippen LogP contribution in [0.2, 0.25) is 0 Å². The van der Waals surface area contributed by atoms with E-state index >= 15 is 0 Å². The Labute approximate surface area is 232 Å². The maximum atomic E-state index is 13.2. The number of benzene rings is 2. The van der Waals surface area contributed by atoms with Gasteiger partial charge in [0.25, 0.3) is 5.91 Å². The molecule has 40 heavy (non-hydrogen) atoms. The van der Waals surface area contributed by atoms with Crippen LogP contribution in [0.5, 0.6) is 5.75 Å². The van der Waals surface area contributed by atoms with Crippen molar-refractivity contribution in [2.45, 2.75) is 56.8 Å². The molecule has 4 aliphatic heterocycles. The van der Waals surface area contributed by atoms with Gasteiger partial charge in [-0.1, -0.05) is 12.1 Å². The van der Waals surface area contributed by atoms with Crippen LogP contribution in [0, 0.1) is 0 Å². The highest BCUT2D eigenvalue weighted by molar-refractivity contribution is 6.05. The Kier molecular flexibility index (Phi) is 6.12. The number of methoxy groups -OCH3 is 1. The van der Waals surface area contributed by atoms with Crippen molar-refractivity contribution < 1.29 is 23.9 Å². The van der Waals surface area contributed by atoms with E-state index in [0.29, 0.717) is 31.7 Å². The summed E-state index contributed by atoms with van der Waals surface area (Å²) in [7, 11) is 1.70. The number of likely N-dealkylation sites (tertiary alicyclic amines) is 1.